The van der Waals surface area contributed by atoms with Crippen LogP contribution < -0.4 is 17.0 Å². The molecule has 22 heavy (non-hydrogen) atoms. The van der Waals surface area contributed by atoms with Gasteiger partial charge in [-0.3, -0.25) is 0 Å². The van der Waals surface area contributed by atoms with E-state index in [1.807, 2.05) is 46.2 Å². The maximum absolute atomic E-state index is 6.19. The van der Waals surface area contributed by atoms with Crippen LogP contribution in [0.2, 0.25) is 5.02 Å². The molecular formula is C17H17Cl2N3. The third-order valence-corrected chi connectivity index (χ3v) is 3.90. The first-order chi connectivity index (χ1) is 10.2. The van der Waals surface area contributed by atoms with Crippen molar-refractivity contribution in [2.75, 3.05) is 0 Å². The summed E-state index contributed by atoms with van der Waals surface area (Å²) in [7, 11) is 0. The zero-order valence-electron chi connectivity index (χ0n) is 12.3. The van der Waals surface area contributed by atoms with Crippen molar-refractivity contribution in [3.63, 3.8) is 0 Å². The molecule has 3 aromatic rings. The number of hydrogen-bond acceptors (Lipinski definition) is 1. The normalized spacial score (nSPS) is 10.3. The second-order valence-electron chi connectivity index (χ2n) is 5.13. The van der Waals surface area contributed by atoms with E-state index in [1.165, 1.54) is 11.1 Å². The third kappa shape index (κ3) is 3.87. The quantitative estimate of drug-likeness (QED) is 0.626. The van der Waals surface area contributed by atoms with E-state index in [1.54, 1.807) is 0 Å². The molecule has 0 aliphatic carbocycles. The number of aryl methyl sites for hydroxylation is 1. The van der Waals surface area contributed by atoms with Gasteiger partial charge < -0.3 is 12.4 Å². The van der Waals surface area contributed by atoms with Crippen LogP contribution >= 0.6 is 11.6 Å². The topological polar surface area (TPSA) is 21.7 Å². The highest BCUT2D eigenvalue weighted by atomic mass is 35.5. The van der Waals surface area contributed by atoms with E-state index in [2.05, 4.69) is 36.3 Å². The Morgan fingerprint density at radius 1 is 1.05 bits per heavy atom. The molecule has 0 amide bonds. The second kappa shape index (κ2) is 7.43. The molecule has 0 saturated heterocycles. The molecule has 0 fully saturated rings. The molecule has 1 aromatic heterocycles. The van der Waals surface area contributed by atoms with Gasteiger partial charge in [-0.15, -0.1) is 4.68 Å². The van der Waals surface area contributed by atoms with Crippen LogP contribution in [-0.2, 0) is 13.1 Å². The van der Waals surface area contributed by atoms with Gasteiger partial charge in [-0.25, -0.2) is 4.57 Å². The number of halogens is 2. The monoisotopic (exact) mass is 333 g/mol. The minimum absolute atomic E-state index is 0. The van der Waals surface area contributed by atoms with Crippen LogP contribution in [0.25, 0.3) is 0 Å². The standard InChI is InChI=1S/C17H17ClN3.ClH/c1-14-6-2-3-7-15(14)11-21-13-20(12-19-21)10-16-8-4-5-9-17(16)18;/h2-9,12-13H,10-11H2,1H3;1H/q+1;/p-1. The van der Waals surface area contributed by atoms with E-state index in [0.29, 0.717) is 0 Å². The molecule has 0 N–H and O–H groups in total. The first-order valence-corrected chi connectivity index (χ1v) is 7.29. The van der Waals surface area contributed by atoms with E-state index < -0.39 is 0 Å². The van der Waals surface area contributed by atoms with Gasteiger partial charge in [0.2, 0.25) is 6.33 Å². The van der Waals surface area contributed by atoms with Gasteiger partial charge in [-0.05, 0) is 24.1 Å². The highest BCUT2D eigenvalue weighted by Gasteiger charge is 2.09. The molecule has 0 aliphatic heterocycles. The molecule has 0 bridgehead atoms. The molecule has 5 heteroatoms. The van der Waals surface area contributed by atoms with Gasteiger partial charge in [0.25, 0.3) is 6.33 Å². The predicted molar refractivity (Wildman–Crippen MR) is 83.3 cm³/mol. The summed E-state index contributed by atoms with van der Waals surface area (Å²) < 4.78 is 3.98. The van der Waals surface area contributed by atoms with E-state index >= 15 is 0 Å². The van der Waals surface area contributed by atoms with Gasteiger partial charge in [0.15, 0.2) is 0 Å². The van der Waals surface area contributed by atoms with Gasteiger partial charge in [-0.2, -0.15) is 0 Å². The fraction of sp³-hybridized carbons (Fsp3) is 0.176. The first kappa shape index (κ1) is 16.5. The second-order valence-corrected chi connectivity index (χ2v) is 5.54. The average Bonchev–Trinajstić information content (AvgIpc) is 2.91. The predicted octanol–water partition coefficient (Wildman–Crippen LogP) is 0.233. The molecule has 0 unspecified atom stereocenters. The molecule has 3 rings (SSSR count). The molecule has 0 spiro atoms. The lowest BCUT2D eigenvalue weighted by molar-refractivity contribution is -0.689. The Balaban J connectivity index is 0.00000176. The number of benzene rings is 2. The van der Waals surface area contributed by atoms with Gasteiger partial charge in [-0.1, -0.05) is 54.1 Å². The maximum Gasteiger partial charge on any atom is 0.265 e. The zero-order chi connectivity index (χ0) is 14.7. The minimum Gasteiger partial charge on any atom is -1.00 e. The largest absolute Gasteiger partial charge is 1.00 e. The average molecular weight is 334 g/mol. The zero-order valence-corrected chi connectivity index (χ0v) is 13.8. The van der Waals surface area contributed by atoms with Crippen LogP contribution in [0.1, 0.15) is 16.7 Å². The number of rotatable bonds is 4. The molecule has 0 saturated carbocycles. The van der Waals surface area contributed by atoms with Crippen LogP contribution in [0.5, 0.6) is 0 Å². The van der Waals surface area contributed by atoms with Crippen molar-refractivity contribution in [2.24, 2.45) is 0 Å². The molecule has 0 atom stereocenters. The summed E-state index contributed by atoms with van der Waals surface area (Å²) >= 11 is 6.19. The lowest BCUT2D eigenvalue weighted by Crippen LogP contribution is -3.00. The summed E-state index contributed by atoms with van der Waals surface area (Å²) in [4.78, 5) is 0. The van der Waals surface area contributed by atoms with Gasteiger partial charge in [0.1, 0.15) is 6.54 Å². The molecular weight excluding hydrogens is 317 g/mol. The van der Waals surface area contributed by atoms with Gasteiger partial charge >= 0.3 is 0 Å². The fourth-order valence-electron chi connectivity index (χ4n) is 2.31. The van der Waals surface area contributed by atoms with Crippen molar-refractivity contribution >= 4 is 11.6 Å². The Labute approximate surface area is 141 Å². The number of nitrogens with zero attached hydrogens (tertiary/aromatic N) is 3. The van der Waals surface area contributed by atoms with Crippen LogP contribution in [0.3, 0.4) is 0 Å². The van der Waals surface area contributed by atoms with E-state index in [-0.39, 0.29) is 12.4 Å². The van der Waals surface area contributed by atoms with Gasteiger partial charge in [0.05, 0.1) is 6.54 Å². The Morgan fingerprint density at radius 3 is 2.45 bits per heavy atom. The van der Waals surface area contributed by atoms with Crippen molar-refractivity contribution in [3.05, 3.63) is 82.9 Å². The highest BCUT2D eigenvalue weighted by molar-refractivity contribution is 6.31. The number of hydrogen-bond donors (Lipinski definition) is 0. The summed E-state index contributed by atoms with van der Waals surface area (Å²) in [5.74, 6) is 0. The van der Waals surface area contributed by atoms with Crippen LogP contribution in [0.15, 0.2) is 61.2 Å². The van der Waals surface area contributed by atoms with Crippen molar-refractivity contribution < 1.29 is 17.0 Å². The van der Waals surface area contributed by atoms with E-state index in [0.717, 1.165) is 23.7 Å². The molecule has 114 valence electrons. The molecule has 3 nitrogen and oxygen atoms in total. The van der Waals surface area contributed by atoms with Crippen molar-refractivity contribution in [1.29, 1.82) is 0 Å². The Morgan fingerprint density at radius 2 is 1.73 bits per heavy atom. The van der Waals surface area contributed by atoms with Crippen LogP contribution in [0.4, 0.5) is 0 Å². The summed E-state index contributed by atoms with van der Waals surface area (Å²) in [6.45, 7) is 3.63. The van der Waals surface area contributed by atoms with Crippen molar-refractivity contribution in [3.8, 4) is 0 Å². The Bertz CT molecular complexity index is 691. The molecule has 1 heterocycles. The minimum atomic E-state index is 0. The van der Waals surface area contributed by atoms with Gasteiger partial charge in [0, 0.05) is 15.7 Å². The lowest BCUT2D eigenvalue weighted by atomic mass is 10.1. The Hall–Kier alpha value is -1.84. The van der Waals surface area contributed by atoms with Crippen molar-refractivity contribution in [2.45, 2.75) is 20.0 Å². The fourth-order valence-corrected chi connectivity index (χ4v) is 2.51. The summed E-state index contributed by atoms with van der Waals surface area (Å²) in [5.41, 5.74) is 3.66. The Kier molecular flexibility index (Phi) is 5.58. The smallest absolute Gasteiger partial charge is 0.265 e. The first-order valence-electron chi connectivity index (χ1n) is 6.92. The van der Waals surface area contributed by atoms with Crippen LogP contribution in [-0.4, -0.2) is 9.78 Å². The van der Waals surface area contributed by atoms with Crippen molar-refractivity contribution in [1.82, 2.24) is 9.78 Å². The van der Waals surface area contributed by atoms with Crippen LogP contribution in [0, 0.1) is 6.92 Å². The molecule has 2 aromatic carbocycles. The molecule has 0 aliphatic rings. The summed E-state index contributed by atoms with van der Waals surface area (Å²) in [6.07, 6.45) is 3.84. The lowest BCUT2D eigenvalue weighted by Gasteiger charge is -2.01. The SMILES string of the molecule is Cc1ccccc1Cn1c[n+](Cc2ccccc2Cl)cn1.[Cl-]. The summed E-state index contributed by atoms with van der Waals surface area (Å²) in [6, 6.07) is 16.3. The third-order valence-electron chi connectivity index (χ3n) is 3.53. The van der Waals surface area contributed by atoms with E-state index in [9.17, 15) is 0 Å². The summed E-state index contributed by atoms with van der Waals surface area (Å²) in [5, 5.41) is 5.20. The molecule has 0 radical (unpaired) electrons. The van der Waals surface area contributed by atoms with E-state index in [4.69, 9.17) is 11.6 Å². The maximum atomic E-state index is 6.19. The number of aromatic nitrogens is 3. The highest BCUT2D eigenvalue weighted by Crippen LogP contribution is 2.14.